The highest BCUT2D eigenvalue weighted by Crippen LogP contribution is 2.19. The number of amides is 2. The molecule has 1 unspecified atom stereocenters. The van der Waals surface area contributed by atoms with Crippen molar-refractivity contribution < 1.29 is 14.3 Å². The molecule has 0 saturated carbocycles. The second-order valence-corrected chi connectivity index (χ2v) is 5.09. The average Bonchev–Trinajstić information content (AvgIpc) is 2.37. The molecule has 6 nitrogen and oxygen atoms in total. The van der Waals surface area contributed by atoms with Crippen LogP contribution in [0.25, 0.3) is 0 Å². The quantitative estimate of drug-likeness (QED) is 0.716. The molecule has 0 aliphatic rings. The SMILES string of the molecule is COC(=O)C(C)(C)NC(C)c1ccc(NC(N)=O)cc1. The summed E-state index contributed by atoms with van der Waals surface area (Å²) in [6.07, 6.45) is 0. The first-order chi connectivity index (χ1) is 9.26. The predicted octanol–water partition coefficient (Wildman–Crippen LogP) is 1.78. The molecule has 110 valence electrons. The molecule has 1 aromatic rings. The molecule has 1 atom stereocenters. The van der Waals surface area contributed by atoms with E-state index in [1.165, 1.54) is 7.11 Å². The Balaban J connectivity index is 2.75. The number of ether oxygens (including phenoxy) is 1. The van der Waals surface area contributed by atoms with Gasteiger partial charge in [-0.2, -0.15) is 0 Å². The van der Waals surface area contributed by atoms with Crippen molar-refractivity contribution in [1.29, 1.82) is 0 Å². The molecule has 0 radical (unpaired) electrons. The van der Waals surface area contributed by atoms with Gasteiger partial charge in [0.2, 0.25) is 0 Å². The van der Waals surface area contributed by atoms with Crippen LogP contribution in [0, 0.1) is 0 Å². The number of nitrogens with one attached hydrogen (secondary N) is 2. The summed E-state index contributed by atoms with van der Waals surface area (Å²) >= 11 is 0. The van der Waals surface area contributed by atoms with Crippen molar-refractivity contribution in [3.63, 3.8) is 0 Å². The van der Waals surface area contributed by atoms with Gasteiger partial charge >= 0.3 is 12.0 Å². The first-order valence-electron chi connectivity index (χ1n) is 6.29. The Morgan fingerprint density at radius 3 is 2.25 bits per heavy atom. The van der Waals surface area contributed by atoms with Crippen LogP contribution in [0.4, 0.5) is 10.5 Å². The lowest BCUT2D eigenvalue weighted by Crippen LogP contribution is -2.48. The van der Waals surface area contributed by atoms with Gasteiger partial charge in [0.1, 0.15) is 5.54 Å². The smallest absolute Gasteiger partial charge is 0.325 e. The molecular weight excluding hydrogens is 258 g/mol. The maximum absolute atomic E-state index is 11.6. The first kappa shape index (κ1) is 16.0. The number of hydrogen-bond acceptors (Lipinski definition) is 4. The molecule has 2 amide bonds. The van der Waals surface area contributed by atoms with Crippen LogP contribution in [0.5, 0.6) is 0 Å². The van der Waals surface area contributed by atoms with E-state index in [1.807, 2.05) is 19.1 Å². The minimum absolute atomic E-state index is 0.0493. The molecule has 1 rings (SSSR count). The molecule has 0 fully saturated rings. The fourth-order valence-corrected chi connectivity index (χ4v) is 1.94. The van der Waals surface area contributed by atoms with Crippen molar-refractivity contribution in [3.8, 4) is 0 Å². The van der Waals surface area contributed by atoms with Gasteiger partial charge in [-0.25, -0.2) is 4.79 Å². The number of primary amides is 1. The number of anilines is 1. The molecule has 0 saturated heterocycles. The van der Waals surface area contributed by atoms with E-state index in [2.05, 4.69) is 10.6 Å². The number of nitrogens with two attached hydrogens (primary N) is 1. The third kappa shape index (κ3) is 4.24. The van der Waals surface area contributed by atoms with E-state index in [0.29, 0.717) is 5.69 Å². The van der Waals surface area contributed by atoms with E-state index in [-0.39, 0.29) is 12.0 Å². The highest BCUT2D eigenvalue weighted by Gasteiger charge is 2.30. The summed E-state index contributed by atoms with van der Waals surface area (Å²) in [4.78, 5) is 22.4. The maximum atomic E-state index is 11.6. The van der Waals surface area contributed by atoms with Gasteiger partial charge in [0.25, 0.3) is 0 Å². The Morgan fingerprint density at radius 1 is 1.25 bits per heavy atom. The van der Waals surface area contributed by atoms with Crippen LogP contribution in [0.2, 0.25) is 0 Å². The number of hydrogen-bond donors (Lipinski definition) is 3. The molecule has 0 heterocycles. The van der Waals surface area contributed by atoms with Crippen molar-refractivity contribution in [2.24, 2.45) is 5.73 Å². The van der Waals surface area contributed by atoms with Gasteiger partial charge in [-0.3, -0.25) is 10.1 Å². The summed E-state index contributed by atoms with van der Waals surface area (Å²) in [5.74, 6) is -0.323. The summed E-state index contributed by atoms with van der Waals surface area (Å²) in [5.41, 5.74) is 5.87. The summed E-state index contributed by atoms with van der Waals surface area (Å²) < 4.78 is 4.75. The second-order valence-electron chi connectivity index (χ2n) is 5.09. The molecule has 0 aliphatic heterocycles. The standard InChI is InChI=1S/C14H21N3O3/c1-9(17-14(2,3)12(18)20-4)10-5-7-11(8-6-10)16-13(15)19/h5-9,17H,1-4H3,(H3,15,16,19). The topological polar surface area (TPSA) is 93.4 Å². The van der Waals surface area contributed by atoms with Crippen LogP contribution in [0.15, 0.2) is 24.3 Å². The third-order valence-electron chi connectivity index (χ3n) is 2.95. The van der Waals surface area contributed by atoms with Gasteiger partial charge in [-0.05, 0) is 38.5 Å². The molecule has 0 bridgehead atoms. The van der Waals surface area contributed by atoms with Gasteiger partial charge in [0.05, 0.1) is 7.11 Å². The van der Waals surface area contributed by atoms with Crippen LogP contribution >= 0.6 is 0 Å². The second kappa shape index (κ2) is 6.38. The van der Waals surface area contributed by atoms with E-state index < -0.39 is 11.6 Å². The normalized spacial score (nSPS) is 12.6. The third-order valence-corrected chi connectivity index (χ3v) is 2.95. The van der Waals surface area contributed by atoms with Crippen molar-refractivity contribution in [2.45, 2.75) is 32.4 Å². The Labute approximate surface area is 118 Å². The fraction of sp³-hybridized carbons (Fsp3) is 0.429. The van der Waals surface area contributed by atoms with E-state index >= 15 is 0 Å². The largest absolute Gasteiger partial charge is 0.468 e. The monoisotopic (exact) mass is 279 g/mol. The Morgan fingerprint density at radius 2 is 1.80 bits per heavy atom. The zero-order chi connectivity index (χ0) is 15.3. The minimum atomic E-state index is -0.779. The van der Waals surface area contributed by atoms with Crippen LogP contribution < -0.4 is 16.4 Å². The van der Waals surface area contributed by atoms with Gasteiger partial charge in [0.15, 0.2) is 0 Å². The van der Waals surface area contributed by atoms with Crippen molar-refractivity contribution in [1.82, 2.24) is 5.32 Å². The van der Waals surface area contributed by atoms with Gasteiger partial charge in [-0.1, -0.05) is 12.1 Å². The number of benzene rings is 1. The maximum Gasteiger partial charge on any atom is 0.325 e. The van der Waals surface area contributed by atoms with Crippen molar-refractivity contribution in [3.05, 3.63) is 29.8 Å². The van der Waals surface area contributed by atoms with Crippen LogP contribution in [-0.4, -0.2) is 24.6 Å². The van der Waals surface area contributed by atoms with E-state index in [0.717, 1.165) is 5.56 Å². The molecule has 0 spiro atoms. The van der Waals surface area contributed by atoms with E-state index in [9.17, 15) is 9.59 Å². The highest BCUT2D eigenvalue weighted by atomic mass is 16.5. The molecule has 0 aromatic heterocycles. The van der Waals surface area contributed by atoms with Crippen molar-refractivity contribution in [2.75, 3.05) is 12.4 Å². The zero-order valence-electron chi connectivity index (χ0n) is 12.2. The van der Waals surface area contributed by atoms with E-state index in [1.54, 1.807) is 26.0 Å². The van der Waals surface area contributed by atoms with Crippen molar-refractivity contribution >= 4 is 17.7 Å². The van der Waals surface area contributed by atoms with E-state index in [4.69, 9.17) is 10.5 Å². The molecule has 6 heteroatoms. The molecule has 4 N–H and O–H groups in total. The molecule has 1 aromatic carbocycles. The number of urea groups is 1. The predicted molar refractivity (Wildman–Crippen MR) is 77.3 cm³/mol. The number of rotatable bonds is 5. The summed E-state index contributed by atoms with van der Waals surface area (Å²) in [5, 5.41) is 5.69. The van der Waals surface area contributed by atoms with Gasteiger partial charge < -0.3 is 15.8 Å². The minimum Gasteiger partial charge on any atom is -0.468 e. The van der Waals surface area contributed by atoms with Gasteiger partial charge in [0, 0.05) is 11.7 Å². The lowest BCUT2D eigenvalue weighted by atomic mass is 10.0. The summed E-state index contributed by atoms with van der Waals surface area (Å²) in [7, 11) is 1.36. The number of esters is 1. The summed E-state index contributed by atoms with van der Waals surface area (Å²) in [6, 6.07) is 6.57. The summed E-state index contributed by atoms with van der Waals surface area (Å²) in [6.45, 7) is 5.47. The number of carbonyl (C=O) groups is 2. The zero-order valence-corrected chi connectivity index (χ0v) is 12.2. The first-order valence-corrected chi connectivity index (χ1v) is 6.29. The van der Waals surface area contributed by atoms with Crippen LogP contribution in [0.1, 0.15) is 32.4 Å². The molecule has 20 heavy (non-hydrogen) atoms. The molecule has 0 aliphatic carbocycles. The lowest BCUT2D eigenvalue weighted by molar-refractivity contribution is -0.147. The average molecular weight is 279 g/mol. The Bertz CT molecular complexity index is 483. The van der Waals surface area contributed by atoms with Crippen LogP contribution in [0.3, 0.4) is 0 Å². The Kier molecular flexibility index (Phi) is 5.10. The fourth-order valence-electron chi connectivity index (χ4n) is 1.94. The highest BCUT2D eigenvalue weighted by molar-refractivity contribution is 5.87. The number of carbonyl (C=O) groups excluding carboxylic acids is 2. The molecular formula is C14H21N3O3. The van der Waals surface area contributed by atoms with Gasteiger partial charge in [-0.15, -0.1) is 0 Å². The van der Waals surface area contributed by atoms with Crippen LogP contribution in [-0.2, 0) is 9.53 Å². The Hall–Kier alpha value is -2.08. The lowest BCUT2D eigenvalue weighted by Gasteiger charge is -2.27. The number of methoxy groups -OCH3 is 1.